The molecule has 1 heterocycles. The number of methoxy groups -OCH3 is 2. The van der Waals surface area contributed by atoms with E-state index in [1.54, 1.807) is 49.5 Å². The summed E-state index contributed by atoms with van der Waals surface area (Å²) < 4.78 is 26.2. The Morgan fingerprint density at radius 2 is 1.62 bits per heavy atom. The summed E-state index contributed by atoms with van der Waals surface area (Å²) >= 11 is 0. The Balaban J connectivity index is 1.63. The number of amides is 1. The summed E-state index contributed by atoms with van der Waals surface area (Å²) in [6.07, 6.45) is 1.97. The van der Waals surface area contributed by atoms with Crippen LogP contribution in [0.3, 0.4) is 0 Å². The number of nitrogens with zero attached hydrogens (tertiary/aromatic N) is 2. The number of carbonyl (C=O) groups excluding carboxylic acids is 1. The van der Waals surface area contributed by atoms with Gasteiger partial charge in [-0.05, 0) is 47.5 Å². The summed E-state index contributed by atoms with van der Waals surface area (Å²) in [4.78, 5) is 15.5. The van der Waals surface area contributed by atoms with Gasteiger partial charge in [-0.3, -0.25) is 4.79 Å². The van der Waals surface area contributed by atoms with Gasteiger partial charge in [0.1, 0.15) is 17.3 Å². The van der Waals surface area contributed by atoms with Gasteiger partial charge in [0.25, 0.3) is 5.91 Å². The monoisotopic (exact) mass is 458 g/mol. The number of hydrogen-bond donors (Lipinski definition) is 0. The molecule has 3 aromatic carbocycles. The van der Waals surface area contributed by atoms with Crippen molar-refractivity contribution >= 4 is 5.91 Å². The van der Waals surface area contributed by atoms with Crippen LogP contribution in [0, 0.1) is 5.82 Å². The van der Waals surface area contributed by atoms with Crippen LogP contribution in [0.4, 0.5) is 4.39 Å². The smallest absolute Gasteiger partial charge is 0.258 e. The molecule has 0 saturated carbocycles. The molecule has 34 heavy (non-hydrogen) atoms. The average molecular weight is 459 g/mol. The van der Waals surface area contributed by atoms with Crippen molar-refractivity contribution in [1.29, 1.82) is 0 Å². The molecular formula is C28H27FN2O3. The second kappa shape index (κ2) is 10.7. The maximum Gasteiger partial charge on any atom is 0.258 e. The van der Waals surface area contributed by atoms with Crippen LogP contribution in [0.1, 0.15) is 27.2 Å². The Kier molecular flexibility index (Phi) is 7.28. The van der Waals surface area contributed by atoms with Gasteiger partial charge in [-0.2, -0.15) is 0 Å². The molecule has 1 aromatic heterocycles. The van der Waals surface area contributed by atoms with Gasteiger partial charge < -0.3 is 18.9 Å². The first kappa shape index (κ1) is 23.1. The molecule has 5 nitrogen and oxygen atoms in total. The highest BCUT2D eigenvalue weighted by molar-refractivity contribution is 5.97. The predicted octanol–water partition coefficient (Wildman–Crippen LogP) is 5.54. The number of carbonyl (C=O) groups is 1. The number of hydrogen-bond acceptors (Lipinski definition) is 3. The van der Waals surface area contributed by atoms with E-state index in [1.807, 2.05) is 48.7 Å². The minimum atomic E-state index is -0.260. The van der Waals surface area contributed by atoms with Crippen molar-refractivity contribution in [3.05, 3.63) is 119 Å². The van der Waals surface area contributed by atoms with E-state index in [9.17, 15) is 9.18 Å². The molecule has 0 bridgehead atoms. The number of aromatic nitrogens is 1. The maximum atomic E-state index is 13.7. The second-order valence-electron chi connectivity index (χ2n) is 7.97. The van der Waals surface area contributed by atoms with E-state index in [1.165, 1.54) is 12.1 Å². The van der Waals surface area contributed by atoms with Crippen molar-refractivity contribution in [3.63, 3.8) is 0 Å². The fraction of sp³-hybridized carbons (Fsp3) is 0.179. The minimum Gasteiger partial charge on any atom is -0.497 e. The van der Waals surface area contributed by atoms with E-state index < -0.39 is 0 Å². The van der Waals surface area contributed by atoms with E-state index in [-0.39, 0.29) is 11.7 Å². The lowest BCUT2D eigenvalue weighted by molar-refractivity contribution is 0.0722. The van der Waals surface area contributed by atoms with Gasteiger partial charge in [0.05, 0.1) is 26.3 Å². The molecule has 0 radical (unpaired) electrons. The Labute approximate surface area is 199 Å². The summed E-state index contributed by atoms with van der Waals surface area (Å²) in [6.45, 7) is 1.43. The lowest BCUT2D eigenvalue weighted by Gasteiger charge is -2.25. The SMILES string of the molecule is COc1ccc(C(=O)N(Cc2ccccc2)Cc2cccn2Cc2ccc(F)cc2)c(OC)c1. The lowest BCUT2D eigenvalue weighted by atomic mass is 10.1. The molecule has 0 aliphatic rings. The van der Waals surface area contributed by atoms with Gasteiger partial charge >= 0.3 is 0 Å². The predicted molar refractivity (Wildman–Crippen MR) is 129 cm³/mol. The summed E-state index contributed by atoms with van der Waals surface area (Å²) in [6, 6.07) is 25.5. The first-order chi connectivity index (χ1) is 16.6. The van der Waals surface area contributed by atoms with Crippen LogP contribution in [0.2, 0.25) is 0 Å². The van der Waals surface area contributed by atoms with Crippen molar-refractivity contribution in [1.82, 2.24) is 9.47 Å². The first-order valence-electron chi connectivity index (χ1n) is 11.0. The standard InChI is InChI=1S/C28H27FN2O3/c1-33-25-14-15-26(27(17-25)34-2)28(32)31(19-21-7-4-3-5-8-21)20-24-9-6-16-30(24)18-22-10-12-23(29)13-11-22/h3-17H,18-20H2,1-2H3. The second-order valence-corrected chi connectivity index (χ2v) is 7.97. The molecule has 6 heteroatoms. The highest BCUT2D eigenvalue weighted by Gasteiger charge is 2.22. The van der Waals surface area contributed by atoms with Gasteiger partial charge in [-0.15, -0.1) is 0 Å². The molecule has 0 saturated heterocycles. The van der Waals surface area contributed by atoms with Gasteiger partial charge in [0.15, 0.2) is 0 Å². The number of ether oxygens (including phenoxy) is 2. The minimum absolute atomic E-state index is 0.141. The molecule has 174 valence electrons. The van der Waals surface area contributed by atoms with Crippen LogP contribution in [0.15, 0.2) is 91.1 Å². The Morgan fingerprint density at radius 1 is 0.853 bits per heavy atom. The molecular weight excluding hydrogens is 431 g/mol. The van der Waals surface area contributed by atoms with E-state index in [0.717, 1.165) is 16.8 Å². The molecule has 0 unspecified atom stereocenters. The zero-order valence-corrected chi connectivity index (χ0v) is 19.3. The van der Waals surface area contributed by atoms with E-state index in [2.05, 4.69) is 4.57 Å². The molecule has 4 rings (SSSR count). The van der Waals surface area contributed by atoms with E-state index >= 15 is 0 Å². The summed E-state index contributed by atoms with van der Waals surface area (Å²) in [7, 11) is 3.12. The van der Waals surface area contributed by atoms with Crippen molar-refractivity contribution in [3.8, 4) is 11.5 Å². The van der Waals surface area contributed by atoms with Gasteiger partial charge in [-0.1, -0.05) is 42.5 Å². The Hall–Kier alpha value is -4.06. The normalized spacial score (nSPS) is 10.7. The first-order valence-corrected chi connectivity index (χ1v) is 11.0. The van der Waals surface area contributed by atoms with E-state index in [0.29, 0.717) is 36.7 Å². The summed E-state index contributed by atoms with van der Waals surface area (Å²) in [5.41, 5.74) is 3.45. The zero-order chi connectivity index (χ0) is 23.9. The van der Waals surface area contributed by atoms with Crippen LogP contribution in [0.5, 0.6) is 11.5 Å². The highest BCUT2D eigenvalue weighted by Crippen LogP contribution is 2.27. The van der Waals surface area contributed by atoms with Crippen LogP contribution >= 0.6 is 0 Å². The summed E-state index contributed by atoms with van der Waals surface area (Å²) in [5.74, 6) is 0.683. The lowest BCUT2D eigenvalue weighted by Crippen LogP contribution is -2.31. The van der Waals surface area contributed by atoms with Crippen LogP contribution in [-0.2, 0) is 19.6 Å². The molecule has 0 atom stereocenters. The Bertz CT molecular complexity index is 1240. The Morgan fingerprint density at radius 3 is 2.32 bits per heavy atom. The third-order valence-corrected chi connectivity index (χ3v) is 5.69. The number of halogens is 1. The fourth-order valence-corrected chi connectivity index (χ4v) is 3.88. The van der Waals surface area contributed by atoms with Gasteiger partial charge in [-0.25, -0.2) is 4.39 Å². The van der Waals surface area contributed by atoms with Crippen LogP contribution in [0.25, 0.3) is 0 Å². The van der Waals surface area contributed by atoms with Crippen molar-refractivity contribution in [2.45, 2.75) is 19.6 Å². The molecule has 0 fully saturated rings. The van der Waals surface area contributed by atoms with Crippen LogP contribution in [-0.4, -0.2) is 29.6 Å². The average Bonchev–Trinajstić information content (AvgIpc) is 3.31. The molecule has 1 amide bonds. The third-order valence-electron chi connectivity index (χ3n) is 5.69. The third kappa shape index (κ3) is 5.46. The topological polar surface area (TPSA) is 43.7 Å². The summed E-state index contributed by atoms with van der Waals surface area (Å²) in [5, 5.41) is 0. The van der Waals surface area contributed by atoms with Crippen LogP contribution < -0.4 is 9.47 Å². The largest absolute Gasteiger partial charge is 0.497 e. The van der Waals surface area contributed by atoms with Gasteiger partial charge in [0.2, 0.25) is 0 Å². The number of benzene rings is 3. The van der Waals surface area contributed by atoms with Crippen molar-refractivity contribution in [2.75, 3.05) is 14.2 Å². The number of rotatable bonds is 9. The molecule has 0 aliphatic heterocycles. The van der Waals surface area contributed by atoms with Gasteiger partial charge in [0, 0.05) is 31.0 Å². The molecule has 0 spiro atoms. The quantitative estimate of drug-likeness (QED) is 0.331. The highest BCUT2D eigenvalue weighted by atomic mass is 19.1. The van der Waals surface area contributed by atoms with Crippen molar-refractivity contribution < 1.29 is 18.7 Å². The van der Waals surface area contributed by atoms with E-state index in [4.69, 9.17) is 9.47 Å². The molecule has 0 aliphatic carbocycles. The maximum absolute atomic E-state index is 13.7. The zero-order valence-electron chi connectivity index (χ0n) is 19.3. The molecule has 4 aromatic rings. The van der Waals surface area contributed by atoms with Crippen molar-refractivity contribution in [2.24, 2.45) is 0 Å². The molecule has 0 N–H and O–H groups in total. The fourth-order valence-electron chi connectivity index (χ4n) is 3.88.